The SMILES string of the molecule is O=C(N[C@@H](C(=O)N1CCC[C@H]1c1ncc(-c2ccc(-c3ccc(-c4cnc([C@@H]5CCCN5C(=O)[C@@H]5CCCO5)[nH]4)cc3)cc2)[nH]1)c1ccccc1)[C@H]1CCCO1. The van der Waals surface area contributed by atoms with Gasteiger partial charge >= 0.3 is 0 Å². The molecule has 4 aliphatic heterocycles. The van der Waals surface area contributed by atoms with Gasteiger partial charge in [0.25, 0.3) is 5.91 Å². The van der Waals surface area contributed by atoms with Gasteiger partial charge in [-0.1, -0.05) is 78.9 Å². The summed E-state index contributed by atoms with van der Waals surface area (Å²) in [6, 6.07) is 25.1. The molecule has 0 aliphatic carbocycles. The number of aromatic amines is 2. The summed E-state index contributed by atoms with van der Waals surface area (Å²) in [6.45, 7) is 2.55. The van der Waals surface area contributed by atoms with Crippen LogP contribution >= 0.6 is 0 Å². The van der Waals surface area contributed by atoms with Gasteiger partial charge < -0.3 is 34.6 Å². The van der Waals surface area contributed by atoms with Crippen LogP contribution in [0.3, 0.4) is 0 Å². The summed E-state index contributed by atoms with van der Waals surface area (Å²) >= 11 is 0. The number of ether oxygens (including phenoxy) is 2. The molecule has 5 aromatic rings. The van der Waals surface area contributed by atoms with E-state index in [0.717, 1.165) is 102 Å². The highest BCUT2D eigenvalue weighted by Crippen LogP contribution is 2.36. The number of hydrogen-bond donors (Lipinski definition) is 3. The Hall–Kier alpha value is -5.59. The highest BCUT2D eigenvalue weighted by atomic mass is 16.5. The van der Waals surface area contributed by atoms with Crippen LogP contribution in [0.1, 0.15) is 86.7 Å². The largest absolute Gasteiger partial charge is 0.368 e. The Labute approximate surface area is 326 Å². The van der Waals surface area contributed by atoms with Crippen molar-refractivity contribution < 1.29 is 23.9 Å². The van der Waals surface area contributed by atoms with Crippen LogP contribution in [0.5, 0.6) is 0 Å². The third-order valence-electron chi connectivity index (χ3n) is 11.7. The number of nitrogens with zero attached hydrogens (tertiary/aromatic N) is 4. The fourth-order valence-electron chi connectivity index (χ4n) is 8.70. The molecule has 0 saturated carbocycles. The lowest BCUT2D eigenvalue weighted by Crippen LogP contribution is -2.45. The van der Waals surface area contributed by atoms with E-state index < -0.39 is 12.1 Å². The number of benzene rings is 3. The van der Waals surface area contributed by atoms with Crippen LogP contribution in [0.25, 0.3) is 33.6 Å². The number of aromatic nitrogens is 4. The maximum absolute atomic E-state index is 14.2. The molecule has 4 saturated heterocycles. The van der Waals surface area contributed by atoms with Crippen molar-refractivity contribution in [2.24, 2.45) is 0 Å². The molecule has 12 heteroatoms. The number of hydrogen-bond acceptors (Lipinski definition) is 7. The highest BCUT2D eigenvalue weighted by Gasteiger charge is 2.39. The summed E-state index contributed by atoms with van der Waals surface area (Å²) < 4.78 is 11.3. The van der Waals surface area contributed by atoms with Gasteiger partial charge in [-0.25, -0.2) is 9.97 Å². The van der Waals surface area contributed by atoms with Crippen LogP contribution in [0, 0.1) is 0 Å². The monoisotopic (exact) mass is 753 g/mol. The first-order chi connectivity index (χ1) is 27.5. The smallest absolute Gasteiger partial charge is 0.252 e. The van der Waals surface area contributed by atoms with Crippen LogP contribution in [0.15, 0.2) is 91.3 Å². The normalized spacial score (nSPS) is 22.8. The van der Waals surface area contributed by atoms with Gasteiger partial charge in [-0.3, -0.25) is 14.4 Å². The van der Waals surface area contributed by atoms with E-state index in [9.17, 15) is 14.4 Å². The second-order valence-corrected chi connectivity index (χ2v) is 15.3. The predicted octanol–water partition coefficient (Wildman–Crippen LogP) is 6.68. The van der Waals surface area contributed by atoms with E-state index in [1.807, 2.05) is 52.5 Å². The molecule has 4 aliphatic rings. The first-order valence-electron chi connectivity index (χ1n) is 20.0. The number of carbonyl (C=O) groups excluding carboxylic acids is 3. The van der Waals surface area contributed by atoms with Crippen molar-refractivity contribution >= 4 is 17.7 Å². The first-order valence-corrected chi connectivity index (χ1v) is 20.0. The summed E-state index contributed by atoms with van der Waals surface area (Å²) in [7, 11) is 0. The number of amides is 3. The molecule has 12 nitrogen and oxygen atoms in total. The topological polar surface area (TPSA) is 146 Å². The molecule has 288 valence electrons. The van der Waals surface area contributed by atoms with E-state index in [0.29, 0.717) is 26.2 Å². The third-order valence-corrected chi connectivity index (χ3v) is 11.7. The van der Waals surface area contributed by atoms with Crippen LogP contribution in [0.2, 0.25) is 0 Å². The second-order valence-electron chi connectivity index (χ2n) is 15.3. The molecule has 2 aromatic heterocycles. The zero-order valence-electron chi connectivity index (χ0n) is 31.4. The van der Waals surface area contributed by atoms with Crippen LogP contribution in [0.4, 0.5) is 0 Å². The van der Waals surface area contributed by atoms with Crippen molar-refractivity contribution in [3.63, 3.8) is 0 Å². The van der Waals surface area contributed by atoms with Gasteiger partial charge in [-0.2, -0.15) is 0 Å². The van der Waals surface area contributed by atoms with Crippen molar-refractivity contribution in [1.82, 2.24) is 35.1 Å². The maximum Gasteiger partial charge on any atom is 0.252 e. The van der Waals surface area contributed by atoms with Gasteiger partial charge in [-0.05, 0) is 79.2 Å². The Morgan fingerprint density at radius 3 is 1.70 bits per heavy atom. The Kier molecular flexibility index (Phi) is 10.2. The standard InChI is InChI=1S/C44H47N7O5/c52-42(37-12-6-24-55-37)49-39(32-8-2-1-3-9-32)44(54)51-23-5-11-36(51)41-46-27-34(48-41)31-20-16-29(17-21-31)28-14-18-30(19-15-28)33-26-45-40(47-33)35-10-4-22-50(35)43(53)38-13-7-25-56-38/h1-3,8-9,14-21,26-27,35-39H,4-7,10-13,22-25H2,(H,45,47)(H,46,48)(H,49,52)/t35-,36-,37+,38-,39+/m0/s1. The van der Waals surface area contributed by atoms with Crippen LogP contribution in [-0.4, -0.2) is 86.0 Å². The van der Waals surface area contributed by atoms with Crippen molar-refractivity contribution in [3.8, 4) is 33.6 Å². The van der Waals surface area contributed by atoms with E-state index >= 15 is 0 Å². The van der Waals surface area contributed by atoms with E-state index in [-0.39, 0.29) is 35.9 Å². The molecule has 56 heavy (non-hydrogen) atoms. The molecular weight excluding hydrogens is 707 g/mol. The third kappa shape index (κ3) is 7.26. The van der Waals surface area contributed by atoms with Gasteiger partial charge in [0.05, 0.1) is 35.9 Å². The molecule has 3 amide bonds. The molecule has 6 heterocycles. The first kappa shape index (κ1) is 36.1. The molecule has 3 aromatic carbocycles. The van der Waals surface area contributed by atoms with Crippen molar-refractivity contribution in [2.45, 2.75) is 81.7 Å². The minimum absolute atomic E-state index is 0.0491. The summed E-state index contributed by atoms with van der Waals surface area (Å²) in [4.78, 5) is 60.6. The second kappa shape index (κ2) is 15.9. The van der Waals surface area contributed by atoms with E-state index in [1.54, 1.807) is 0 Å². The van der Waals surface area contributed by atoms with Gasteiger partial charge in [0, 0.05) is 26.3 Å². The number of rotatable bonds is 10. The number of likely N-dealkylation sites (tertiary alicyclic amines) is 2. The molecule has 0 unspecified atom stereocenters. The lowest BCUT2D eigenvalue weighted by molar-refractivity contribution is -0.142. The zero-order chi connectivity index (χ0) is 38.0. The molecular formula is C44H47N7O5. The lowest BCUT2D eigenvalue weighted by atomic mass is 10.0. The lowest BCUT2D eigenvalue weighted by Gasteiger charge is -2.29. The van der Waals surface area contributed by atoms with E-state index in [4.69, 9.17) is 19.4 Å². The van der Waals surface area contributed by atoms with Gasteiger partial charge in [0.2, 0.25) is 11.8 Å². The minimum atomic E-state index is -0.807. The number of nitrogens with one attached hydrogen (secondary N) is 3. The summed E-state index contributed by atoms with van der Waals surface area (Å²) in [6.07, 6.45) is 9.56. The molecule has 4 fully saturated rings. The predicted molar refractivity (Wildman–Crippen MR) is 210 cm³/mol. The minimum Gasteiger partial charge on any atom is -0.368 e. The average molecular weight is 754 g/mol. The van der Waals surface area contributed by atoms with E-state index in [2.05, 4.69) is 63.8 Å². The molecule has 0 spiro atoms. The average Bonchev–Trinajstić information content (AvgIpc) is 4.10. The highest BCUT2D eigenvalue weighted by molar-refractivity contribution is 5.90. The van der Waals surface area contributed by atoms with Crippen molar-refractivity contribution in [2.75, 3.05) is 26.3 Å². The van der Waals surface area contributed by atoms with Crippen LogP contribution in [-0.2, 0) is 23.9 Å². The Bertz CT molecular complexity index is 2150. The number of carbonyl (C=O) groups is 3. The van der Waals surface area contributed by atoms with Gasteiger partial charge in [0.15, 0.2) is 0 Å². The van der Waals surface area contributed by atoms with Crippen LogP contribution < -0.4 is 5.32 Å². The molecule has 0 bridgehead atoms. The van der Waals surface area contributed by atoms with Gasteiger partial charge in [-0.15, -0.1) is 0 Å². The Morgan fingerprint density at radius 1 is 0.625 bits per heavy atom. The zero-order valence-corrected chi connectivity index (χ0v) is 31.4. The summed E-state index contributed by atoms with van der Waals surface area (Å²) in [5.74, 6) is 1.26. The Balaban J connectivity index is 0.859. The summed E-state index contributed by atoms with van der Waals surface area (Å²) in [5.41, 5.74) is 6.75. The quantitative estimate of drug-likeness (QED) is 0.144. The van der Waals surface area contributed by atoms with Gasteiger partial charge in [0.1, 0.15) is 29.9 Å². The van der Waals surface area contributed by atoms with Crippen molar-refractivity contribution in [3.05, 3.63) is 108 Å². The van der Waals surface area contributed by atoms with E-state index in [1.165, 1.54) is 0 Å². The Morgan fingerprint density at radius 2 is 1.14 bits per heavy atom. The molecule has 5 atom stereocenters. The fraction of sp³-hybridized carbons (Fsp3) is 0.386. The van der Waals surface area contributed by atoms with Crippen molar-refractivity contribution in [1.29, 1.82) is 0 Å². The number of imidazole rings is 2. The summed E-state index contributed by atoms with van der Waals surface area (Å²) in [5, 5.41) is 3.00. The molecule has 3 N–H and O–H groups in total. The fourth-order valence-corrected chi connectivity index (χ4v) is 8.70. The number of H-pyrrole nitrogens is 2. The molecule has 9 rings (SSSR count). The molecule has 0 radical (unpaired) electrons. The maximum atomic E-state index is 14.2.